The topological polar surface area (TPSA) is 51.4 Å². The number of hydrogen-bond acceptors (Lipinski definition) is 4. The van der Waals surface area contributed by atoms with Crippen LogP contribution in [-0.2, 0) is 4.74 Å². The molecule has 2 heterocycles. The summed E-state index contributed by atoms with van der Waals surface area (Å²) in [5.74, 6) is 1.45. The molecule has 1 fully saturated rings. The number of nitrogens with two attached hydrogens (primary N) is 1. The van der Waals surface area contributed by atoms with Crippen molar-refractivity contribution < 1.29 is 4.74 Å². The van der Waals surface area contributed by atoms with Crippen LogP contribution in [0.2, 0.25) is 0 Å². The van der Waals surface area contributed by atoms with E-state index < -0.39 is 0 Å². The van der Waals surface area contributed by atoms with E-state index in [-0.39, 0.29) is 0 Å². The van der Waals surface area contributed by atoms with Crippen LogP contribution in [0, 0.1) is 5.92 Å². The van der Waals surface area contributed by atoms with Gasteiger partial charge in [0.2, 0.25) is 0 Å². The number of ether oxygens (including phenoxy) is 1. The summed E-state index contributed by atoms with van der Waals surface area (Å²) < 4.78 is 5.26. The molecule has 1 atom stereocenters. The van der Waals surface area contributed by atoms with Gasteiger partial charge in [0.1, 0.15) is 10.8 Å². The van der Waals surface area contributed by atoms with Gasteiger partial charge in [0.15, 0.2) is 0 Å². The van der Waals surface area contributed by atoms with Crippen molar-refractivity contribution in [1.29, 1.82) is 0 Å². The summed E-state index contributed by atoms with van der Waals surface area (Å²) in [5, 5.41) is 1.07. The van der Waals surface area contributed by atoms with Gasteiger partial charge >= 0.3 is 0 Å². The number of para-hydroxylation sites is 1. The number of hydrogen-bond donors (Lipinski definition) is 1. The van der Waals surface area contributed by atoms with Crippen molar-refractivity contribution in [2.45, 2.75) is 6.42 Å². The third kappa shape index (κ3) is 2.84. The van der Waals surface area contributed by atoms with Crippen molar-refractivity contribution >= 4 is 33.9 Å². The number of pyridine rings is 1. The predicted molar refractivity (Wildman–Crippen MR) is 89.8 cm³/mol. The number of benzene rings is 1. The van der Waals surface area contributed by atoms with Crippen LogP contribution in [0.15, 0.2) is 30.3 Å². The van der Waals surface area contributed by atoms with Crippen LogP contribution >= 0.6 is 12.2 Å². The lowest BCUT2D eigenvalue weighted by atomic mass is 10.1. The lowest BCUT2D eigenvalue weighted by molar-refractivity contribution is 0.161. The largest absolute Gasteiger partial charge is 0.389 e. The second-order valence-electron chi connectivity index (χ2n) is 5.47. The Morgan fingerprint density at radius 3 is 3.05 bits per heavy atom. The van der Waals surface area contributed by atoms with Crippen molar-refractivity contribution in [2.24, 2.45) is 11.7 Å². The molecule has 3 rings (SSSR count). The van der Waals surface area contributed by atoms with Gasteiger partial charge in [0, 0.05) is 31.5 Å². The molecular formula is C16H19N3OS. The first-order valence-electron chi connectivity index (χ1n) is 7.12. The molecule has 0 aliphatic carbocycles. The maximum atomic E-state index is 5.91. The van der Waals surface area contributed by atoms with E-state index in [4.69, 9.17) is 27.7 Å². The summed E-state index contributed by atoms with van der Waals surface area (Å²) in [6.45, 7) is 2.69. The second-order valence-corrected chi connectivity index (χ2v) is 5.91. The number of fused-ring (bicyclic) bond motifs is 1. The molecule has 1 aliphatic heterocycles. The Kier molecular flexibility index (Phi) is 4.03. The van der Waals surface area contributed by atoms with Gasteiger partial charge in [-0.15, -0.1) is 0 Å². The first-order valence-corrected chi connectivity index (χ1v) is 7.53. The SMILES string of the molecule is COCC1CCN(c2nc3ccccc3cc2C(N)=S)C1. The summed E-state index contributed by atoms with van der Waals surface area (Å²) in [4.78, 5) is 7.46. The third-order valence-corrected chi connectivity index (χ3v) is 4.18. The van der Waals surface area contributed by atoms with E-state index >= 15 is 0 Å². The normalized spacial score (nSPS) is 18.3. The highest BCUT2D eigenvalue weighted by molar-refractivity contribution is 7.80. The lowest BCUT2D eigenvalue weighted by Crippen LogP contribution is -2.25. The molecule has 0 spiro atoms. The van der Waals surface area contributed by atoms with Crippen LogP contribution in [-0.4, -0.2) is 36.8 Å². The zero-order valence-corrected chi connectivity index (χ0v) is 12.9. The summed E-state index contributed by atoms with van der Waals surface area (Å²) in [6.07, 6.45) is 1.11. The van der Waals surface area contributed by atoms with E-state index in [0.717, 1.165) is 48.4 Å². The molecule has 1 aromatic carbocycles. The second kappa shape index (κ2) is 5.95. The molecule has 5 heteroatoms. The number of nitrogens with zero attached hydrogens (tertiary/aromatic N) is 2. The molecule has 0 radical (unpaired) electrons. The zero-order chi connectivity index (χ0) is 14.8. The third-order valence-electron chi connectivity index (χ3n) is 3.96. The maximum absolute atomic E-state index is 5.91. The fourth-order valence-electron chi connectivity index (χ4n) is 2.92. The fraction of sp³-hybridized carbons (Fsp3) is 0.375. The van der Waals surface area contributed by atoms with Gasteiger partial charge in [-0.25, -0.2) is 4.98 Å². The number of rotatable bonds is 4. The minimum atomic E-state index is 0.401. The van der Waals surface area contributed by atoms with Gasteiger partial charge in [-0.05, 0) is 18.6 Å². The molecule has 1 saturated heterocycles. The van der Waals surface area contributed by atoms with Crippen LogP contribution < -0.4 is 10.6 Å². The number of thiocarbonyl (C=S) groups is 1. The van der Waals surface area contributed by atoms with Crippen molar-refractivity contribution in [2.75, 3.05) is 31.7 Å². The van der Waals surface area contributed by atoms with Crippen molar-refractivity contribution in [1.82, 2.24) is 4.98 Å². The fourth-order valence-corrected chi connectivity index (χ4v) is 3.08. The van der Waals surface area contributed by atoms with E-state index in [1.165, 1.54) is 0 Å². The molecule has 4 nitrogen and oxygen atoms in total. The van der Waals surface area contributed by atoms with E-state index in [0.29, 0.717) is 10.9 Å². The van der Waals surface area contributed by atoms with E-state index in [9.17, 15) is 0 Å². The number of aromatic nitrogens is 1. The van der Waals surface area contributed by atoms with Crippen LogP contribution in [0.4, 0.5) is 5.82 Å². The Morgan fingerprint density at radius 2 is 2.29 bits per heavy atom. The number of methoxy groups -OCH3 is 1. The van der Waals surface area contributed by atoms with Crippen LogP contribution in [0.25, 0.3) is 10.9 Å². The van der Waals surface area contributed by atoms with Crippen LogP contribution in [0.3, 0.4) is 0 Å². The molecule has 1 aliphatic rings. The smallest absolute Gasteiger partial charge is 0.139 e. The summed E-state index contributed by atoms with van der Waals surface area (Å²) in [6, 6.07) is 10.1. The van der Waals surface area contributed by atoms with Gasteiger partial charge in [-0.2, -0.15) is 0 Å². The van der Waals surface area contributed by atoms with Gasteiger partial charge in [0.25, 0.3) is 0 Å². The first-order chi connectivity index (χ1) is 10.2. The zero-order valence-electron chi connectivity index (χ0n) is 12.1. The van der Waals surface area contributed by atoms with Gasteiger partial charge in [0.05, 0.1) is 17.7 Å². The Balaban J connectivity index is 2.00. The Morgan fingerprint density at radius 1 is 1.48 bits per heavy atom. The van der Waals surface area contributed by atoms with E-state index in [1.54, 1.807) is 7.11 Å². The average Bonchev–Trinajstić information content (AvgIpc) is 2.94. The minimum absolute atomic E-state index is 0.401. The Labute approximate surface area is 129 Å². The predicted octanol–water partition coefficient (Wildman–Crippen LogP) is 2.34. The highest BCUT2D eigenvalue weighted by Gasteiger charge is 2.26. The Bertz CT molecular complexity index is 674. The molecule has 1 unspecified atom stereocenters. The molecule has 0 amide bonds. The summed E-state index contributed by atoms with van der Waals surface area (Å²) >= 11 is 5.22. The quantitative estimate of drug-likeness (QED) is 0.879. The lowest BCUT2D eigenvalue weighted by Gasteiger charge is -2.21. The molecule has 1 aromatic heterocycles. The summed E-state index contributed by atoms with van der Waals surface area (Å²) in [7, 11) is 1.75. The van der Waals surface area contributed by atoms with E-state index in [1.807, 2.05) is 30.3 Å². The van der Waals surface area contributed by atoms with E-state index in [2.05, 4.69) is 4.90 Å². The molecule has 2 N–H and O–H groups in total. The van der Waals surface area contributed by atoms with Gasteiger partial charge in [-0.1, -0.05) is 30.4 Å². The standard InChI is InChI=1S/C16H19N3OS/c1-20-10-11-6-7-19(9-11)16-13(15(17)21)8-12-4-2-3-5-14(12)18-16/h2-5,8,11H,6-7,9-10H2,1H3,(H2,17,21). The average molecular weight is 301 g/mol. The van der Waals surface area contributed by atoms with Crippen molar-refractivity contribution in [3.63, 3.8) is 0 Å². The number of anilines is 1. The Hall–Kier alpha value is -1.72. The van der Waals surface area contributed by atoms with Crippen LogP contribution in [0.5, 0.6) is 0 Å². The minimum Gasteiger partial charge on any atom is -0.389 e. The monoisotopic (exact) mass is 301 g/mol. The van der Waals surface area contributed by atoms with Gasteiger partial charge < -0.3 is 15.4 Å². The molecular weight excluding hydrogens is 282 g/mol. The first kappa shape index (κ1) is 14.2. The summed E-state index contributed by atoms with van der Waals surface area (Å²) in [5.41, 5.74) is 7.74. The molecule has 0 saturated carbocycles. The van der Waals surface area contributed by atoms with Crippen molar-refractivity contribution in [3.05, 3.63) is 35.9 Å². The highest BCUT2D eigenvalue weighted by atomic mass is 32.1. The molecule has 2 aromatic rings. The molecule has 110 valence electrons. The maximum Gasteiger partial charge on any atom is 0.139 e. The van der Waals surface area contributed by atoms with Crippen molar-refractivity contribution in [3.8, 4) is 0 Å². The van der Waals surface area contributed by atoms with Gasteiger partial charge in [-0.3, -0.25) is 0 Å². The molecule has 0 bridgehead atoms. The van der Waals surface area contributed by atoms with Crippen LogP contribution in [0.1, 0.15) is 12.0 Å². The molecule has 21 heavy (non-hydrogen) atoms. The highest BCUT2D eigenvalue weighted by Crippen LogP contribution is 2.28.